The van der Waals surface area contributed by atoms with Gasteiger partial charge < -0.3 is 14.9 Å². The summed E-state index contributed by atoms with van der Waals surface area (Å²) in [6.07, 6.45) is 1.55. The number of nitro benzene ring substituents is 1. The van der Waals surface area contributed by atoms with Crippen molar-refractivity contribution in [2.24, 2.45) is 4.99 Å². The minimum atomic E-state index is -0.664. The molecule has 2 aromatic carbocycles. The number of carbonyl (C=O) groups excluding carboxylic acids is 1. The first-order valence-corrected chi connectivity index (χ1v) is 10.4. The van der Waals surface area contributed by atoms with Crippen molar-refractivity contribution in [1.82, 2.24) is 4.90 Å². The minimum absolute atomic E-state index is 0.372. The van der Waals surface area contributed by atoms with Crippen LogP contribution in [0.15, 0.2) is 52.4 Å². The number of hydrogen-bond acceptors (Lipinski definition) is 7. The van der Waals surface area contributed by atoms with E-state index in [0.29, 0.717) is 33.7 Å². The average Bonchev–Trinajstić information content (AvgIpc) is 3.09. The molecule has 1 N–H and O–H groups in total. The van der Waals surface area contributed by atoms with E-state index in [1.807, 2.05) is 24.3 Å². The summed E-state index contributed by atoms with van der Waals surface area (Å²) in [5, 5.41) is 21.9. The Morgan fingerprint density at radius 3 is 2.57 bits per heavy atom. The molecule has 0 aromatic heterocycles. The first-order valence-electron chi connectivity index (χ1n) is 9.16. The van der Waals surface area contributed by atoms with Gasteiger partial charge in [-0.3, -0.25) is 14.9 Å². The molecular weight excluding hydrogens is 428 g/mol. The van der Waals surface area contributed by atoms with Gasteiger partial charge in [0.1, 0.15) is 0 Å². The molecule has 4 rings (SSSR count). The highest BCUT2D eigenvalue weighted by Gasteiger charge is 2.28. The summed E-state index contributed by atoms with van der Waals surface area (Å²) >= 11 is 7.33. The number of amides is 1. The van der Waals surface area contributed by atoms with E-state index in [0.717, 1.165) is 18.8 Å². The predicted octanol–water partition coefficient (Wildman–Crippen LogP) is 3.75. The summed E-state index contributed by atoms with van der Waals surface area (Å²) in [5.74, 6) is -0.787. The smallest absolute Gasteiger partial charge is 0.311 e. The van der Waals surface area contributed by atoms with Crippen LogP contribution in [0.4, 0.5) is 11.4 Å². The molecule has 10 heteroatoms. The number of amidine groups is 1. The van der Waals surface area contributed by atoms with Gasteiger partial charge >= 0.3 is 5.69 Å². The molecule has 2 heterocycles. The second-order valence-electron chi connectivity index (χ2n) is 6.77. The first-order chi connectivity index (χ1) is 14.4. The molecule has 0 spiro atoms. The van der Waals surface area contributed by atoms with E-state index < -0.39 is 16.4 Å². The van der Waals surface area contributed by atoms with Crippen LogP contribution in [0.2, 0.25) is 5.02 Å². The first kappa shape index (κ1) is 20.2. The molecule has 8 nitrogen and oxygen atoms in total. The van der Waals surface area contributed by atoms with Crippen molar-refractivity contribution in [1.29, 1.82) is 0 Å². The maximum Gasteiger partial charge on any atom is 0.311 e. The number of thioether (sulfide) groups is 1. The average molecular weight is 445 g/mol. The molecule has 0 radical (unpaired) electrons. The number of carbonyl (C=O) groups is 1. The van der Waals surface area contributed by atoms with Gasteiger partial charge in [-0.2, -0.15) is 4.99 Å². The number of nitro groups is 1. The molecule has 0 unspecified atom stereocenters. The Hall–Kier alpha value is -3.04. The lowest BCUT2D eigenvalue weighted by molar-refractivity contribution is -0.385. The fraction of sp³-hybridized carbons (Fsp3) is 0.200. The molecule has 0 atom stereocenters. The van der Waals surface area contributed by atoms with E-state index >= 15 is 0 Å². The number of aliphatic imine (C=N–C) groups is 1. The van der Waals surface area contributed by atoms with Crippen molar-refractivity contribution in [2.75, 3.05) is 31.1 Å². The van der Waals surface area contributed by atoms with Gasteiger partial charge in [0.25, 0.3) is 5.91 Å². The second kappa shape index (κ2) is 8.37. The fourth-order valence-electron chi connectivity index (χ4n) is 3.29. The molecular formula is C20H17ClN4O4S. The van der Waals surface area contributed by atoms with Crippen LogP contribution >= 0.6 is 23.4 Å². The van der Waals surface area contributed by atoms with Gasteiger partial charge in [0, 0.05) is 43.0 Å². The lowest BCUT2D eigenvalue weighted by Gasteiger charge is -2.36. The lowest BCUT2D eigenvalue weighted by Crippen LogP contribution is -2.47. The van der Waals surface area contributed by atoms with Gasteiger partial charge in [0.15, 0.2) is 10.9 Å². The van der Waals surface area contributed by atoms with Crippen molar-refractivity contribution in [3.05, 3.63) is 68.1 Å². The van der Waals surface area contributed by atoms with Crippen molar-refractivity contribution in [3.63, 3.8) is 0 Å². The van der Waals surface area contributed by atoms with Crippen LogP contribution in [0.1, 0.15) is 5.56 Å². The maximum atomic E-state index is 12.3. The van der Waals surface area contributed by atoms with Crippen molar-refractivity contribution < 1.29 is 14.8 Å². The Kier molecular flexibility index (Phi) is 5.65. The van der Waals surface area contributed by atoms with E-state index in [1.54, 1.807) is 6.08 Å². The van der Waals surface area contributed by atoms with E-state index in [-0.39, 0.29) is 5.91 Å². The quantitative estimate of drug-likeness (QED) is 0.437. The molecule has 0 bridgehead atoms. The molecule has 154 valence electrons. The summed E-state index contributed by atoms with van der Waals surface area (Å²) in [6.45, 7) is 2.97. The second-order valence-corrected chi connectivity index (χ2v) is 8.21. The van der Waals surface area contributed by atoms with Crippen LogP contribution in [-0.4, -0.2) is 52.2 Å². The number of phenols is 1. The fourth-order valence-corrected chi connectivity index (χ4v) is 4.44. The van der Waals surface area contributed by atoms with Gasteiger partial charge in [-0.25, -0.2) is 0 Å². The summed E-state index contributed by atoms with van der Waals surface area (Å²) in [4.78, 5) is 31.5. The standard InChI is InChI=1S/C20H17ClN4O4S/c21-14-2-1-3-15(12-14)23-6-8-24(9-7-23)20-22-19(27)18(30-20)11-13-4-5-17(26)16(10-13)25(28)29/h1-5,10-12,26H,6-9H2. The summed E-state index contributed by atoms with van der Waals surface area (Å²) < 4.78 is 0. The molecule has 1 saturated heterocycles. The SMILES string of the molecule is O=C1N=C(N2CCN(c3cccc(Cl)c3)CC2)SC1=Cc1ccc(O)c([N+](=O)[O-])c1. The summed E-state index contributed by atoms with van der Waals surface area (Å²) in [7, 11) is 0. The van der Waals surface area contributed by atoms with Crippen LogP contribution in [0.5, 0.6) is 5.75 Å². The number of benzene rings is 2. The van der Waals surface area contributed by atoms with Crippen LogP contribution < -0.4 is 4.90 Å². The topological polar surface area (TPSA) is 99.3 Å². The van der Waals surface area contributed by atoms with Crippen LogP contribution in [0.25, 0.3) is 6.08 Å². The predicted molar refractivity (Wildman–Crippen MR) is 118 cm³/mol. The monoisotopic (exact) mass is 444 g/mol. The highest BCUT2D eigenvalue weighted by molar-refractivity contribution is 8.18. The number of nitrogens with zero attached hydrogens (tertiary/aromatic N) is 4. The number of rotatable bonds is 3. The molecule has 0 saturated carbocycles. The zero-order chi connectivity index (χ0) is 21.3. The Balaban J connectivity index is 1.43. The van der Waals surface area contributed by atoms with Gasteiger partial charge in [-0.05, 0) is 47.7 Å². The molecule has 0 aliphatic carbocycles. The highest BCUT2D eigenvalue weighted by Crippen LogP contribution is 2.33. The van der Waals surface area contributed by atoms with E-state index in [2.05, 4.69) is 14.8 Å². The van der Waals surface area contributed by atoms with Gasteiger partial charge in [-0.15, -0.1) is 0 Å². The van der Waals surface area contributed by atoms with Crippen molar-refractivity contribution >= 4 is 51.9 Å². The molecule has 2 aromatic rings. The maximum absolute atomic E-state index is 12.3. The normalized spacial score (nSPS) is 18.1. The van der Waals surface area contributed by atoms with Gasteiger partial charge in [0.2, 0.25) is 0 Å². The number of anilines is 1. The van der Waals surface area contributed by atoms with Gasteiger partial charge in [0.05, 0.1) is 9.83 Å². The largest absolute Gasteiger partial charge is 0.502 e. The lowest BCUT2D eigenvalue weighted by atomic mass is 10.1. The Bertz CT molecular complexity index is 1080. The van der Waals surface area contributed by atoms with E-state index in [4.69, 9.17) is 11.6 Å². The third-order valence-electron chi connectivity index (χ3n) is 4.83. The third kappa shape index (κ3) is 4.27. The van der Waals surface area contributed by atoms with Gasteiger partial charge in [-0.1, -0.05) is 23.7 Å². The van der Waals surface area contributed by atoms with Crippen LogP contribution in [0.3, 0.4) is 0 Å². The summed E-state index contributed by atoms with van der Waals surface area (Å²) in [6, 6.07) is 11.7. The zero-order valence-electron chi connectivity index (χ0n) is 15.7. The number of phenolic OH excluding ortho intramolecular Hbond substituents is 1. The Morgan fingerprint density at radius 2 is 1.87 bits per heavy atom. The van der Waals surface area contributed by atoms with E-state index in [1.165, 1.54) is 30.0 Å². The number of aromatic hydroxyl groups is 1. The third-order valence-corrected chi connectivity index (χ3v) is 6.11. The number of piperazine rings is 1. The molecule has 2 aliphatic heterocycles. The molecule has 2 aliphatic rings. The molecule has 1 fully saturated rings. The Labute approximate surface area is 181 Å². The Morgan fingerprint density at radius 1 is 1.13 bits per heavy atom. The zero-order valence-corrected chi connectivity index (χ0v) is 17.3. The van der Waals surface area contributed by atoms with Crippen molar-refractivity contribution in [2.45, 2.75) is 0 Å². The van der Waals surface area contributed by atoms with Crippen molar-refractivity contribution in [3.8, 4) is 5.75 Å². The highest BCUT2D eigenvalue weighted by atomic mass is 35.5. The molecule has 30 heavy (non-hydrogen) atoms. The van der Waals surface area contributed by atoms with Crippen LogP contribution in [0, 0.1) is 10.1 Å². The van der Waals surface area contributed by atoms with Crippen LogP contribution in [-0.2, 0) is 4.79 Å². The number of halogens is 1. The van der Waals surface area contributed by atoms with E-state index in [9.17, 15) is 20.0 Å². The summed E-state index contributed by atoms with van der Waals surface area (Å²) in [5.41, 5.74) is 1.12. The minimum Gasteiger partial charge on any atom is -0.502 e. The molecule has 1 amide bonds. The number of hydrogen-bond donors (Lipinski definition) is 1.